The first-order chi connectivity index (χ1) is 15.1. The summed E-state index contributed by atoms with van der Waals surface area (Å²) in [5.74, 6) is -0.120. The minimum absolute atomic E-state index is 0.120. The van der Waals surface area contributed by atoms with E-state index in [-0.39, 0.29) is 24.4 Å². The van der Waals surface area contributed by atoms with Crippen molar-refractivity contribution >= 4 is 33.3 Å². The van der Waals surface area contributed by atoms with Gasteiger partial charge in [-0.3, -0.25) is 19.1 Å². The molecule has 0 aliphatic rings. The number of aryl methyl sites for hydroxylation is 2. The largest absolute Gasteiger partial charge is 0.298 e. The van der Waals surface area contributed by atoms with Gasteiger partial charge in [-0.2, -0.15) is 0 Å². The molecule has 156 valence electrons. The first kappa shape index (κ1) is 20.7. The second-order valence-electron chi connectivity index (χ2n) is 7.14. The number of hydrogen-bond donors (Lipinski definition) is 0. The molecule has 0 N–H and O–H groups in total. The zero-order valence-electron chi connectivity index (χ0n) is 17.2. The molecule has 0 atom stereocenters. The van der Waals surface area contributed by atoms with Gasteiger partial charge in [-0.15, -0.1) is 17.9 Å². The summed E-state index contributed by atoms with van der Waals surface area (Å²) in [5.41, 5.74) is 3.33. The molecule has 0 saturated carbocycles. The summed E-state index contributed by atoms with van der Waals surface area (Å²) in [6.45, 7) is 6.29. The highest BCUT2D eigenvalue weighted by molar-refractivity contribution is 7.14. The highest BCUT2D eigenvalue weighted by Gasteiger charge is 2.19. The van der Waals surface area contributed by atoms with E-state index >= 15 is 0 Å². The monoisotopic (exact) mass is 430 g/mol. The van der Waals surface area contributed by atoms with E-state index in [4.69, 9.17) is 0 Å². The van der Waals surface area contributed by atoms with E-state index < -0.39 is 0 Å². The van der Waals surface area contributed by atoms with Crippen LogP contribution < -0.4 is 10.5 Å². The lowest BCUT2D eigenvalue weighted by molar-refractivity contribution is -0.118. The van der Waals surface area contributed by atoms with Crippen LogP contribution in [0.25, 0.3) is 22.2 Å². The molecule has 0 spiro atoms. The van der Waals surface area contributed by atoms with E-state index in [1.807, 2.05) is 54.8 Å². The predicted octanol–water partition coefficient (Wildman–Crippen LogP) is 4.44. The molecule has 2 heterocycles. The number of rotatable bonds is 7. The summed E-state index contributed by atoms with van der Waals surface area (Å²) < 4.78 is 1.49. The quantitative estimate of drug-likeness (QED) is 0.407. The van der Waals surface area contributed by atoms with Crippen LogP contribution in [0.4, 0.5) is 5.13 Å². The van der Waals surface area contributed by atoms with Crippen molar-refractivity contribution in [3.63, 3.8) is 0 Å². The molecule has 4 rings (SSSR count). The molecular formula is C24H22N4O2S. The van der Waals surface area contributed by atoms with Crippen molar-refractivity contribution in [3.05, 3.63) is 88.8 Å². The zero-order chi connectivity index (χ0) is 21.8. The fourth-order valence-electron chi connectivity index (χ4n) is 3.39. The van der Waals surface area contributed by atoms with Crippen molar-refractivity contribution < 1.29 is 4.79 Å². The topological polar surface area (TPSA) is 68.1 Å². The molecule has 0 radical (unpaired) electrons. The zero-order valence-corrected chi connectivity index (χ0v) is 18.0. The number of benzene rings is 2. The second kappa shape index (κ2) is 9.06. The number of anilines is 1. The van der Waals surface area contributed by atoms with Gasteiger partial charge < -0.3 is 0 Å². The predicted molar refractivity (Wildman–Crippen MR) is 125 cm³/mol. The first-order valence-corrected chi connectivity index (χ1v) is 10.8. The minimum Gasteiger partial charge on any atom is -0.298 e. The van der Waals surface area contributed by atoms with Crippen molar-refractivity contribution in [3.8, 4) is 11.3 Å². The molecule has 0 saturated heterocycles. The summed E-state index contributed by atoms with van der Waals surface area (Å²) in [6, 6.07) is 15.4. The van der Waals surface area contributed by atoms with Crippen LogP contribution in [0.3, 0.4) is 0 Å². The average Bonchev–Trinajstić information content (AvgIpc) is 3.28. The Kier molecular flexibility index (Phi) is 6.04. The van der Waals surface area contributed by atoms with Gasteiger partial charge in [0.25, 0.3) is 5.56 Å². The molecule has 4 aromatic rings. The maximum Gasteiger partial charge on any atom is 0.261 e. The molecule has 6 nitrogen and oxygen atoms in total. The van der Waals surface area contributed by atoms with Crippen LogP contribution in [0.1, 0.15) is 12.0 Å². The Morgan fingerprint density at radius 3 is 2.77 bits per heavy atom. The Labute approximate surface area is 184 Å². The summed E-state index contributed by atoms with van der Waals surface area (Å²) in [6.07, 6.45) is 3.35. The molecular weight excluding hydrogens is 408 g/mol. The number of para-hydroxylation sites is 1. The normalized spacial score (nSPS) is 10.9. The van der Waals surface area contributed by atoms with E-state index in [0.29, 0.717) is 22.6 Å². The van der Waals surface area contributed by atoms with E-state index in [0.717, 1.165) is 16.8 Å². The number of thiazole rings is 1. The summed E-state index contributed by atoms with van der Waals surface area (Å²) >= 11 is 1.41. The fraction of sp³-hybridized carbons (Fsp3) is 0.167. The summed E-state index contributed by atoms with van der Waals surface area (Å²) in [5, 5.41) is 3.11. The van der Waals surface area contributed by atoms with Crippen molar-refractivity contribution in [1.82, 2.24) is 14.5 Å². The Balaban J connectivity index is 1.53. The number of amides is 1. The first-order valence-electron chi connectivity index (χ1n) is 9.95. The lowest BCUT2D eigenvalue weighted by Gasteiger charge is -2.18. The van der Waals surface area contributed by atoms with Gasteiger partial charge in [-0.05, 0) is 18.6 Å². The smallest absolute Gasteiger partial charge is 0.261 e. The number of carbonyl (C=O) groups excluding carboxylic acids is 1. The molecule has 0 bridgehead atoms. The molecule has 0 aliphatic carbocycles. The SMILES string of the molecule is C=CCN(C(=O)CCn1cnc2c(C)cccc2c1=O)c1nc(-c2ccccc2)cs1. The Bertz CT molecular complexity index is 1290. The van der Waals surface area contributed by atoms with Gasteiger partial charge >= 0.3 is 0 Å². The Morgan fingerprint density at radius 2 is 2.00 bits per heavy atom. The van der Waals surface area contributed by atoms with Gasteiger partial charge in [0, 0.05) is 30.5 Å². The highest BCUT2D eigenvalue weighted by atomic mass is 32.1. The van der Waals surface area contributed by atoms with Gasteiger partial charge in [0.05, 0.1) is 22.9 Å². The van der Waals surface area contributed by atoms with E-state index in [1.165, 1.54) is 22.2 Å². The third-order valence-electron chi connectivity index (χ3n) is 5.03. The van der Waals surface area contributed by atoms with Crippen LogP contribution in [-0.2, 0) is 11.3 Å². The number of fused-ring (bicyclic) bond motifs is 1. The van der Waals surface area contributed by atoms with Gasteiger partial charge in [0.15, 0.2) is 5.13 Å². The lowest BCUT2D eigenvalue weighted by atomic mass is 10.1. The standard InChI is InChI=1S/C24H22N4O2S/c1-3-13-28(24-26-20(15-31-24)18-9-5-4-6-10-18)21(29)12-14-27-16-25-22-17(2)8-7-11-19(22)23(27)30/h3-11,15-16H,1,12-14H2,2H3. The Hall–Kier alpha value is -3.58. The maximum absolute atomic E-state index is 13.0. The highest BCUT2D eigenvalue weighted by Crippen LogP contribution is 2.27. The van der Waals surface area contributed by atoms with Crippen LogP contribution >= 0.6 is 11.3 Å². The van der Waals surface area contributed by atoms with Gasteiger partial charge in [-0.1, -0.05) is 48.5 Å². The number of aromatic nitrogens is 3. The van der Waals surface area contributed by atoms with Crippen LogP contribution in [0, 0.1) is 6.92 Å². The second-order valence-corrected chi connectivity index (χ2v) is 7.98. The fourth-order valence-corrected chi connectivity index (χ4v) is 4.25. The minimum atomic E-state index is -0.141. The molecule has 1 amide bonds. The third-order valence-corrected chi connectivity index (χ3v) is 5.89. The summed E-state index contributed by atoms with van der Waals surface area (Å²) in [4.78, 5) is 36.4. The number of carbonyl (C=O) groups is 1. The van der Waals surface area contributed by atoms with Gasteiger partial charge in [0.1, 0.15) is 0 Å². The van der Waals surface area contributed by atoms with E-state index in [1.54, 1.807) is 17.0 Å². The lowest BCUT2D eigenvalue weighted by Crippen LogP contribution is -2.33. The third kappa shape index (κ3) is 4.32. The number of hydrogen-bond acceptors (Lipinski definition) is 5. The van der Waals surface area contributed by atoms with Crippen LogP contribution in [0.15, 0.2) is 77.7 Å². The van der Waals surface area contributed by atoms with E-state index in [9.17, 15) is 9.59 Å². The molecule has 0 unspecified atom stereocenters. The van der Waals surface area contributed by atoms with Crippen LogP contribution in [-0.4, -0.2) is 27.0 Å². The maximum atomic E-state index is 13.0. The molecule has 2 aromatic heterocycles. The van der Waals surface area contributed by atoms with Crippen molar-refractivity contribution in [2.45, 2.75) is 19.9 Å². The molecule has 0 fully saturated rings. The number of nitrogens with zero attached hydrogens (tertiary/aromatic N) is 4. The van der Waals surface area contributed by atoms with Crippen molar-refractivity contribution in [2.75, 3.05) is 11.4 Å². The van der Waals surface area contributed by atoms with E-state index in [2.05, 4.69) is 16.5 Å². The average molecular weight is 431 g/mol. The summed E-state index contributed by atoms with van der Waals surface area (Å²) in [7, 11) is 0. The van der Waals surface area contributed by atoms with Crippen LogP contribution in [0.2, 0.25) is 0 Å². The molecule has 0 aliphatic heterocycles. The molecule has 2 aromatic carbocycles. The molecule has 31 heavy (non-hydrogen) atoms. The van der Waals surface area contributed by atoms with Crippen LogP contribution in [0.5, 0.6) is 0 Å². The Morgan fingerprint density at radius 1 is 1.19 bits per heavy atom. The van der Waals surface area contributed by atoms with Crippen molar-refractivity contribution in [2.24, 2.45) is 0 Å². The van der Waals surface area contributed by atoms with Gasteiger partial charge in [0.2, 0.25) is 5.91 Å². The van der Waals surface area contributed by atoms with Crippen molar-refractivity contribution in [1.29, 1.82) is 0 Å². The molecule has 7 heteroatoms. The van der Waals surface area contributed by atoms with Gasteiger partial charge in [-0.25, -0.2) is 9.97 Å².